The molecule has 1 N–H and O–H groups in total. The summed E-state index contributed by atoms with van der Waals surface area (Å²) in [6.45, 7) is 3.89. The van der Waals surface area contributed by atoms with Crippen LogP contribution < -0.4 is 5.56 Å². The lowest BCUT2D eigenvalue weighted by Crippen LogP contribution is -2.40. The Labute approximate surface area is 131 Å². The smallest absolute Gasteiger partial charge is 0.266 e. The Bertz CT molecular complexity index is 812. The first-order chi connectivity index (χ1) is 10.9. The molecule has 0 aliphatic carbocycles. The van der Waals surface area contributed by atoms with Crippen molar-refractivity contribution >= 4 is 11.6 Å². The number of nitrogens with one attached hydrogen (secondary N) is 1. The van der Waals surface area contributed by atoms with Crippen LogP contribution in [0.25, 0.3) is 5.65 Å². The van der Waals surface area contributed by atoms with Gasteiger partial charge in [0.15, 0.2) is 5.65 Å². The summed E-state index contributed by atoms with van der Waals surface area (Å²) in [4.78, 5) is 29.5. The number of nitrogens with zero attached hydrogens (tertiary/aromatic N) is 3. The van der Waals surface area contributed by atoms with Gasteiger partial charge in [-0.1, -0.05) is 0 Å². The maximum absolute atomic E-state index is 13.0. The van der Waals surface area contributed by atoms with Crippen molar-refractivity contribution in [3.63, 3.8) is 0 Å². The molecule has 124 valence electrons. The molecule has 2 aromatic heterocycles. The molecule has 1 fully saturated rings. The maximum Gasteiger partial charge on any atom is 0.266 e. The summed E-state index contributed by atoms with van der Waals surface area (Å²) in [5.41, 5.74) is 2.18. The Morgan fingerprint density at radius 2 is 2.22 bits per heavy atom. The van der Waals surface area contributed by atoms with Crippen molar-refractivity contribution in [1.29, 1.82) is 0 Å². The van der Waals surface area contributed by atoms with Crippen molar-refractivity contribution < 1.29 is 13.6 Å². The molecule has 0 radical (unpaired) electrons. The summed E-state index contributed by atoms with van der Waals surface area (Å²) < 4.78 is 27.5. The highest BCUT2D eigenvalue weighted by molar-refractivity contribution is 5.80. The lowest BCUT2D eigenvalue weighted by molar-refractivity contribution is -0.134. The Balaban J connectivity index is 1.92. The van der Waals surface area contributed by atoms with Crippen molar-refractivity contribution in [1.82, 2.24) is 19.5 Å². The molecular formula is C15H18F2N4O2. The summed E-state index contributed by atoms with van der Waals surface area (Å²) in [6.07, 6.45) is -1.58. The quantitative estimate of drug-likeness (QED) is 0.929. The molecule has 6 nitrogen and oxygen atoms in total. The first kappa shape index (κ1) is 15.6. The summed E-state index contributed by atoms with van der Waals surface area (Å²) in [5, 5.41) is 2.62. The van der Waals surface area contributed by atoms with E-state index in [1.54, 1.807) is 13.8 Å². The molecule has 0 aromatic carbocycles. The van der Waals surface area contributed by atoms with Crippen molar-refractivity contribution in [3.8, 4) is 0 Å². The molecule has 3 heterocycles. The van der Waals surface area contributed by atoms with Crippen LogP contribution in [0.4, 0.5) is 8.78 Å². The van der Waals surface area contributed by atoms with Crippen molar-refractivity contribution in [2.45, 2.75) is 45.6 Å². The highest BCUT2D eigenvalue weighted by Crippen LogP contribution is 2.24. The Morgan fingerprint density at radius 1 is 1.48 bits per heavy atom. The molecule has 1 atom stereocenters. The second-order valence-corrected chi connectivity index (χ2v) is 5.88. The molecule has 23 heavy (non-hydrogen) atoms. The van der Waals surface area contributed by atoms with Gasteiger partial charge < -0.3 is 4.90 Å². The van der Waals surface area contributed by atoms with E-state index < -0.39 is 12.5 Å². The fraction of sp³-hybridized carbons (Fsp3) is 0.533. The number of alkyl halides is 2. The van der Waals surface area contributed by atoms with Crippen LogP contribution in [0.15, 0.2) is 10.9 Å². The first-order valence-corrected chi connectivity index (χ1v) is 7.54. The third-order valence-electron chi connectivity index (χ3n) is 4.44. The van der Waals surface area contributed by atoms with E-state index in [4.69, 9.17) is 0 Å². The van der Waals surface area contributed by atoms with Crippen molar-refractivity contribution in [2.24, 2.45) is 0 Å². The van der Waals surface area contributed by atoms with Gasteiger partial charge in [-0.05, 0) is 26.7 Å². The van der Waals surface area contributed by atoms with E-state index in [0.29, 0.717) is 42.0 Å². The summed E-state index contributed by atoms with van der Waals surface area (Å²) >= 11 is 0. The van der Waals surface area contributed by atoms with Crippen LogP contribution in [0.3, 0.4) is 0 Å². The number of carbonyl (C=O) groups excluding carboxylic acids is 1. The molecule has 1 aliphatic rings. The minimum absolute atomic E-state index is 0.00401. The molecule has 1 amide bonds. The summed E-state index contributed by atoms with van der Waals surface area (Å²) in [6, 6.07) is 0.380. The van der Waals surface area contributed by atoms with Crippen molar-refractivity contribution in [3.05, 3.63) is 33.4 Å². The number of halogens is 2. The highest BCUT2D eigenvalue weighted by Gasteiger charge is 2.35. The molecular weight excluding hydrogens is 306 g/mol. The zero-order valence-electron chi connectivity index (χ0n) is 13.0. The minimum atomic E-state index is -2.52. The summed E-state index contributed by atoms with van der Waals surface area (Å²) in [5.74, 6) is -0.324. The van der Waals surface area contributed by atoms with Crippen LogP contribution in [0, 0.1) is 13.8 Å². The van der Waals surface area contributed by atoms with Gasteiger partial charge in [0.1, 0.15) is 0 Å². The van der Waals surface area contributed by atoms with Gasteiger partial charge in [-0.3, -0.25) is 14.7 Å². The fourth-order valence-electron chi connectivity index (χ4n) is 3.23. The minimum Gasteiger partial charge on any atom is -0.334 e. The van der Waals surface area contributed by atoms with E-state index in [1.165, 1.54) is 15.5 Å². The van der Waals surface area contributed by atoms with Gasteiger partial charge in [0.25, 0.3) is 12.0 Å². The highest BCUT2D eigenvalue weighted by atomic mass is 19.3. The number of H-pyrrole nitrogens is 1. The Hall–Kier alpha value is -2.25. The Kier molecular flexibility index (Phi) is 3.91. The predicted molar refractivity (Wildman–Crippen MR) is 79.7 cm³/mol. The lowest BCUT2D eigenvalue weighted by Gasteiger charge is -2.24. The van der Waals surface area contributed by atoms with E-state index >= 15 is 0 Å². The fourth-order valence-corrected chi connectivity index (χ4v) is 3.23. The van der Waals surface area contributed by atoms with Gasteiger partial charge in [0, 0.05) is 29.6 Å². The van der Waals surface area contributed by atoms with E-state index in [0.717, 1.165) is 0 Å². The molecule has 3 rings (SSSR count). The normalized spacial score (nSPS) is 18.3. The second-order valence-electron chi connectivity index (χ2n) is 5.88. The van der Waals surface area contributed by atoms with Crippen LogP contribution in [0.1, 0.15) is 29.8 Å². The standard InChI is InChI=1S/C15H18F2N4O2/c1-8-10(9(2)21-12(18-8)7-13(22)19-21)6-14(23)20-5-3-4-11(20)15(16)17/h7,11,15H,3-6H2,1-2H3,(H,19,22)/t11-/m1/s1. The van der Waals surface area contributed by atoms with Crippen LogP contribution in [-0.4, -0.2) is 44.4 Å². The van der Waals surface area contributed by atoms with Crippen LogP contribution >= 0.6 is 0 Å². The van der Waals surface area contributed by atoms with E-state index in [-0.39, 0.29) is 17.9 Å². The Morgan fingerprint density at radius 3 is 2.91 bits per heavy atom. The van der Waals surface area contributed by atoms with E-state index in [1.807, 2.05) is 0 Å². The van der Waals surface area contributed by atoms with Crippen LogP contribution in [0.5, 0.6) is 0 Å². The van der Waals surface area contributed by atoms with Gasteiger partial charge in [-0.25, -0.2) is 18.3 Å². The number of aryl methyl sites for hydroxylation is 2. The van der Waals surface area contributed by atoms with Gasteiger partial charge in [0.05, 0.1) is 12.5 Å². The van der Waals surface area contributed by atoms with Gasteiger partial charge >= 0.3 is 0 Å². The third kappa shape index (κ3) is 2.73. The number of rotatable bonds is 3. The predicted octanol–water partition coefficient (Wildman–Crippen LogP) is 1.44. The second kappa shape index (κ2) is 5.75. The first-order valence-electron chi connectivity index (χ1n) is 7.54. The van der Waals surface area contributed by atoms with Gasteiger partial charge in [-0.2, -0.15) is 0 Å². The number of fused-ring (bicyclic) bond motifs is 1. The van der Waals surface area contributed by atoms with Crippen LogP contribution in [-0.2, 0) is 11.2 Å². The monoisotopic (exact) mass is 324 g/mol. The lowest BCUT2D eigenvalue weighted by atomic mass is 10.1. The van der Waals surface area contributed by atoms with Crippen molar-refractivity contribution in [2.75, 3.05) is 6.54 Å². The molecule has 8 heteroatoms. The average molecular weight is 324 g/mol. The zero-order chi connectivity index (χ0) is 16.7. The number of aromatic amines is 1. The zero-order valence-corrected chi connectivity index (χ0v) is 13.0. The number of hydrogen-bond acceptors (Lipinski definition) is 3. The van der Waals surface area contributed by atoms with Crippen LogP contribution in [0.2, 0.25) is 0 Å². The molecule has 2 aromatic rings. The number of amides is 1. The van der Waals surface area contributed by atoms with Gasteiger partial charge in [-0.15, -0.1) is 0 Å². The molecule has 0 spiro atoms. The molecule has 0 saturated carbocycles. The molecule has 1 aliphatic heterocycles. The number of carbonyl (C=O) groups is 1. The third-order valence-corrected chi connectivity index (χ3v) is 4.44. The topological polar surface area (TPSA) is 70.5 Å². The maximum atomic E-state index is 13.0. The average Bonchev–Trinajstić information content (AvgIpc) is 3.09. The number of likely N-dealkylation sites (tertiary alicyclic amines) is 1. The molecule has 1 saturated heterocycles. The van der Waals surface area contributed by atoms with E-state index in [2.05, 4.69) is 10.1 Å². The van der Waals surface area contributed by atoms with Gasteiger partial charge in [0.2, 0.25) is 5.91 Å². The number of aromatic nitrogens is 3. The van der Waals surface area contributed by atoms with E-state index in [9.17, 15) is 18.4 Å². The SMILES string of the molecule is Cc1nc2cc(=O)[nH]n2c(C)c1CC(=O)N1CCC[C@@H]1C(F)F. The summed E-state index contributed by atoms with van der Waals surface area (Å²) in [7, 11) is 0. The largest absolute Gasteiger partial charge is 0.334 e. The number of hydrogen-bond donors (Lipinski definition) is 1. The molecule has 0 unspecified atom stereocenters. The molecule has 0 bridgehead atoms.